The van der Waals surface area contributed by atoms with Gasteiger partial charge in [0, 0.05) is 40.1 Å². The Morgan fingerprint density at radius 1 is 1.50 bits per heavy atom. The van der Waals surface area contributed by atoms with E-state index in [1.165, 1.54) is 0 Å². The summed E-state index contributed by atoms with van der Waals surface area (Å²) in [7, 11) is 3.74. The van der Waals surface area contributed by atoms with Gasteiger partial charge in [0.15, 0.2) is 5.16 Å². The van der Waals surface area contributed by atoms with E-state index in [1.807, 2.05) is 29.9 Å². The standard InChI is InChI=1S/C13H13BrN4OS/c1-15-11-7-5-8(14)10(6-9(7)17-12(11)19)20-13-16-3-4-18(13)2/h3-6,11,15H,1-2H3,(H,17,19). The van der Waals surface area contributed by atoms with Crippen LogP contribution >= 0.6 is 27.7 Å². The van der Waals surface area contributed by atoms with Crippen molar-refractivity contribution in [3.05, 3.63) is 34.6 Å². The highest BCUT2D eigenvalue weighted by molar-refractivity contribution is 9.10. The number of likely N-dealkylation sites (N-methyl/N-ethyl adjacent to an activating group) is 1. The van der Waals surface area contributed by atoms with Crippen LogP contribution in [-0.2, 0) is 11.8 Å². The molecule has 1 aliphatic rings. The molecule has 20 heavy (non-hydrogen) atoms. The lowest BCUT2D eigenvalue weighted by Crippen LogP contribution is -2.23. The number of carbonyl (C=O) groups is 1. The fourth-order valence-corrected chi connectivity index (χ4v) is 3.63. The van der Waals surface area contributed by atoms with Crippen LogP contribution in [0.15, 0.2) is 39.1 Å². The predicted octanol–water partition coefficient (Wildman–Crippen LogP) is 2.55. The molecule has 0 saturated heterocycles. The van der Waals surface area contributed by atoms with Gasteiger partial charge in [0.1, 0.15) is 6.04 Å². The molecule has 1 aromatic carbocycles. The lowest BCUT2D eigenvalue weighted by Gasteiger charge is -2.10. The van der Waals surface area contributed by atoms with Gasteiger partial charge in [-0.15, -0.1) is 0 Å². The molecular formula is C13H13BrN4OS. The van der Waals surface area contributed by atoms with E-state index in [0.717, 1.165) is 25.8 Å². The minimum absolute atomic E-state index is 0.0199. The summed E-state index contributed by atoms with van der Waals surface area (Å²) < 4.78 is 2.92. The lowest BCUT2D eigenvalue weighted by molar-refractivity contribution is -0.117. The number of aryl methyl sites for hydroxylation is 1. The number of nitrogens with one attached hydrogen (secondary N) is 2. The third-order valence-corrected chi connectivity index (χ3v) is 5.25. The van der Waals surface area contributed by atoms with Crippen LogP contribution in [0.5, 0.6) is 0 Å². The van der Waals surface area contributed by atoms with Crippen LogP contribution in [-0.4, -0.2) is 22.5 Å². The van der Waals surface area contributed by atoms with Gasteiger partial charge in [0.2, 0.25) is 5.91 Å². The minimum Gasteiger partial charge on any atom is -0.329 e. The van der Waals surface area contributed by atoms with E-state index in [-0.39, 0.29) is 11.9 Å². The Morgan fingerprint density at radius 2 is 2.30 bits per heavy atom. The maximum atomic E-state index is 11.8. The first-order chi connectivity index (χ1) is 9.60. The molecule has 1 amide bonds. The monoisotopic (exact) mass is 352 g/mol. The summed E-state index contributed by atoms with van der Waals surface area (Å²) in [5.41, 5.74) is 1.82. The molecule has 2 N–H and O–H groups in total. The second-order valence-corrected chi connectivity index (χ2v) is 6.37. The Hall–Kier alpha value is -1.31. The smallest absolute Gasteiger partial charge is 0.246 e. The number of rotatable bonds is 3. The molecule has 5 nitrogen and oxygen atoms in total. The van der Waals surface area contributed by atoms with Crippen molar-refractivity contribution >= 4 is 39.3 Å². The molecule has 7 heteroatoms. The van der Waals surface area contributed by atoms with Crippen molar-refractivity contribution < 1.29 is 4.79 Å². The number of amides is 1. The van der Waals surface area contributed by atoms with E-state index in [4.69, 9.17) is 0 Å². The molecule has 0 fully saturated rings. The number of carbonyl (C=O) groups excluding carboxylic acids is 1. The summed E-state index contributed by atoms with van der Waals surface area (Å²) >= 11 is 5.13. The number of benzene rings is 1. The topological polar surface area (TPSA) is 59.0 Å². The SMILES string of the molecule is CNC1C(=O)Nc2cc(Sc3nccn3C)c(Br)cc21. The van der Waals surface area contributed by atoms with E-state index >= 15 is 0 Å². The summed E-state index contributed by atoms with van der Waals surface area (Å²) in [6.07, 6.45) is 3.67. The van der Waals surface area contributed by atoms with E-state index in [1.54, 1.807) is 25.0 Å². The zero-order valence-corrected chi connectivity index (χ0v) is 13.4. The van der Waals surface area contributed by atoms with Gasteiger partial charge in [-0.2, -0.15) is 0 Å². The summed E-state index contributed by atoms with van der Waals surface area (Å²) in [6.45, 7) is 0. The molecule has 3 rings (SSSR count). The van der Waals surface area contributed by atoms with Crippen molar-refractivity contribution in [2.75, 3.05) is 12.4 Å². The van der Waals surface area contributed by atoms with Crippen molar-refractivity contribution in [1.29, 1.82) is 0 Å². The zero-order valence-electron chi connectivity index (χ0n) is 11.0. The molecule has 1 atom stereocenters. The van der Waals surface area contributed by atoms with Gasteiger partial charge in [0.25, 0.3) is 0 Å². The van der Waals surface area contributed by atoms with Gasteiger partial charge in [-0.25, -0.2) is 4.98 Å². The maximum Gasteiger partial charge on any atom is 0.246 e. The van der Waals surface area contributed by atoms with Crippen molar-refractivity contribution in [2.24, 2.45) is 7.05 Å². The van der Waals surface area contributed by atoms with Crippen LogP contribution < -0.4 is 10.6 Å². The van der Waals surface area contributed by atoms with Crippen LogP contribution in [0.3, 0.4) is 0 Å². The van der Waals surface area contributed by atoms with Gasteiger partial charge in [0.05, 0.1) is 0 Å². The normalized spacial score (nSPS) is 17.1. The highest BCUT2D eigenvalue weighted by Gasteiger charge is 2.30. The molecule has 0 spiro atoms. The van der Waals surface area contributed by atoms with Gasteiger partial charge in [-0.1, -0.05) is 11.8 Å². The first kappa shape index (κ1) is 13.7. The lowest BCUT2D eigenvalue weighted by atomic mass is 10.1. The highest BCUT2D eigenvalue weighted by atomic mass is 79.9. The Bertz CT molecular complexity index is 685. The summed E-state index contributed by atoms with van der Waals surface area (Å²) in [4.78, 5) is 17.2. The second-order valence-electron chi connectivity index (χ2n) is 4.50. The quantitative estimate of drug-likeness (QED) is 0.891. The van der Waals surface area contributed by atoms with Gasteiger partial charge < -0.3 is 15.2 Å². The number of hydrogen-bond acceptors (Lipinski definition) is 4. The van der Waals surface area contributed by atoms with Crippen molar-refractivity contribution in [1.82, 2.24) is 14.9 Å². The van der Waals surface area contributed by atoms with Crippen LogP contribution in [0.2, 0.25) is 0 Å². The predicted molar refractivity (Wildman–Crippen MR) is 81.9 cm³/mol. The molecule has 1 aromatic heterocycles. The number of halogens is 1. The second kappa shape index (κ2) is 5.23. The number of nitrogens with zero attached hydrogens (tertiary/aromatic N) is 2. The third kappa shape index (κ3) is 2.25. The molecule has 0 aliphatic carbocycles. The Kier molecular flexibility index (Phi) is 3.57. The Balaban J connectivity index is 1.98. The fraction of sp³-hybridized carbons (Fsp3) is 0.231. The summed E-state index contributed by atoms with van der Waals surface area (Å²) in [6, 6.07) is 3.68. The largest absolute Gasteiger partial charge is 0.329 e. The first-order valence-corrected chi connectivity index (χ1v) is 7.68. The molecule has 0 radical (unpaired) electrons. The van der Waals surface area contributed by atoms with E-state index in [2.05, 4.69) is 31.5 Å². The Labute approximate surface area is 129 Å². The van der Waals surface area contributed by atoms with E-state index in [9.17, 15) is 4.79 Å². The fourth-order valence-electron chi connectivity index (χ4n) is 2.18. The molecule has 0 bridgehead atoms. The first-order valence-electron chi connectivity index (χ1n) is 6.07. The van der Waals surface area contributed by atoms with Crippen LogP contribution in [0.4, 0.5) is 5.69 Å². The number of fused-ring (bicyclic) bond motifs is 1. The average molecular weight is 353 g/mol. The molecular weight excluding hydrogens is 340 g/mol. The number of imidazole rings is 1. The number of aromatic nitrogens is 2. The minimum atomic E-state index is -0.284. The maximum absolute atomic E-state index is 11.8. The van der Waals surface area contributed by atoms with Crippen LogP contribution in [0, 0.1) is 0 Å². The molecule has 1 aliphatic heterocycles. The summed E-state index contributed by atoms with van der Waals surface area (Å²) in [5.74, 6) is -0.0199. The van der Waals surface area contributed by atoms with E-state index in [0.29, 0.717) is 0 Å². The zero-order chi connectivity index (χ0) is 14.3. The third-order valence-electron chi connectivity index (χ3n) is 3.20. The van der Waals surface area contributed by atoms with Crippen LogP contribution in [0.1, 0.15) is 11.6 Å². The van der Waals surface area contributed by atoms with Gasteiger partial charge in [-0.05, 0) is 35.1 Å². The average Bonchev–Trinajstić information content (AvgIpc) is 2.93. The molecule has 2 heterocycles. The highest BCUT2D eigenvalue weighted by Crippen LogP contribution is 2.40. The summed E-state index contributed by atoms with van der Waals surface area (Å²) in [5, 5.41) is 6.82. The number of hydrogen-bond donors (Lipinski definition) is 2. The number of anilines is 1. The van der Waals surface area contributed by atoms with Crippen LogP contribution in [0.25, 0.3) is 0 Å². The Morgan fingerprint density at radius 3 is 2.95 bits per heavy atom. The molecule has 1 unspecified atom stereocenters. The van der Waals surface area contributed by atoms with Crippen molar-refractivity contribution in [3.8, 4) is 0 Å². The molecule has 0 saturated carbocycles. The molecule has 2 aromatic rings. The van der Waals surface area contributed by atoms with E-state index < -0.39 is 0 Å². The van der Waals surface area contributed by atoms with Gasteiger partial charge >= 0.3 is 0 Å². The van der Waals surface area contributed by atoms with Gasteiger partial charge in [-0.3, -0.25) is 4.79 Å². The molecule has 104 valence electrons. The van der Waals surface area contributed by atoms with Crippen molar-refractivity contribution in [3.63, 3.8) is 0 Å². The van der Waals surface area contributed by atoms with Crippen molar-refractivity contribution in [2.45, 2.75) is 16.1 Å².